The molecule has 0 spiro atoms. The number of halogens is 1. The first-order chi connectivity index (χ1) is 11.5. The Hall–Kier alpha value is -0.640. The van der Waals surface area contributed by atoms with E-state index in [9.17, 15) is 10.1 Å². The minimum Gasteiger partial charge on any atom is -0.257 e. The van der Waals surface area contributed by atoms with Crippen LogP contribution >= 0.6 is 81.4 Å². The van der Waals surface area contributed by atoms with Crippen LogP contribution in [0.3, 0.4) is 0 Å². The molecule has 0 radical (unpaired) electrons. The molecule has 0 aromatic carbocycles. The molecule has 0 aliphatic carbocycles. The van der Waals surface area contributed by atoms with E-state index in [1.165, 1.54) is 52.4 Å². The number of rotatable bonds is 5. The molecule has 0 atom stereocenters. The molecule has 3 aromatic heterocycles. The molecule has 0 aliphatic rings. The van der Waals surface area contributed by atoms with E-state index in [0.717, 1.165) is 25.9 Å². The lowest BCUT2D eigenvalue weighted by Crippen LogP contribution is -1.80. The Morgan fingerprint density at radius 3 is 2.38 bits per heavy atom. The highest BCUT2D eigenvalue weighted by atomic mass is 35.5. The highest BCUT2D eigenvalue weighted by Crippen LogP contribution is 2.39. The van der Waals surface area contributed by atoms with Gasteiger partial charge in [0.15, 0.2) is 21.3 Å². The summed E-state index contributed by atoms with van der Waals surface area (Å²) in [5.41, 5.74) is 0. The largest absolute Gasteiger partial charge is 0.344 e. The second-order valence-corrected chi connectivity index (χ2v) is 10.6. The maximum absolute atomic E-state index is 10.6. The van der Waals surface area contributed by atoms with E-state index in [-0.39, 0.29) is 5.00 Å². The van der Waals surface area contributed by atoms with Crippen LogP contribution in [0.25, 0.3) is 0 Å². The van der Waals surface area contributed by atoms with E-state index in [1.807, 2.05) is 6.92 Å². The molecule has 0 fully saturated rings. The van der Waals surface area contributed by atoms with Gasteiger partial charge in [-0.3, -0.25) is 15.2 Å². The van der Waals surface area contributed by atoms with Gasteiger partial charge in [-0.2, -0.15) is 5.10 Å². The topological polar surface area (TPSA) is 110 Å². The van der Waals surface area contributed by atoms with E-state index < -0.39 is 4.92 Å². The molecule has 8 nitrogen and oxygen atoms in total. The van der Waals surface area contributed by atoms with Crippen molar-refractivity contribution in [2.24, 2.45) is 0 Å². The molecule has 128 valence electrons. The van der Waals surface area contributed by atoms with Gasteiger partial charge in [-0.1, -0.05) is 29.6 Å². The first kappa shape index (κ1) is 19.7. The van der Waals surface area contributed by atoms with Crippen molar-refractivity contribution in [3.63, 3.8) is 0 Å². The Kier molecular flexibility index (Phi) is 7.99. The molecule has 24 heavy (non-hydrogen) atoms. The molecule has 0 unspecified atom stereocenters. The minimum absolute atomic E-state index is 0.00733. The summed E-state index contributed by atoms with van der Waals surface area (Å²) in [5, 5.41) is 25.4. The Bertz CT molecular complexity index is 858. The average Bonchev–Trinajstić information content (AvgIpc) is 3.23. The summed E-state index contributed by atoms with van der Waals surface area (Å²) in [7, 11) is 0. The molecule has 3 rings (SSSR count). The summed E-state index contributed by atoms with van der Waals surface area (Å²) >= 11 is 16.3. The van der Waals surface area contributed by atoms with Crippen molar-refractivity contribution in [1.29, 1.82) is 0 Å². The summed E-state index contributed by atoms with van der Waals surface area (Å²) in [5.74, 6) is 0.722. The van der Waals surface area contributed by atoms with E-state index in [1.54, 1.807) is 0 Å². The number of nitrogens with zero attached hydrogens (tertiary/aromatic N) is 5. The van der Waals surface area contributed by atoms with Gasteiger partial charge in [0.25, 0.3) is 0 Å². The van der Waals surface area contributed by atoms with Crippen LogP contribution in [0.4, 0.5) is 5.00 Å². The fraction of sp³-hybridized carbons (Fsp3) is 0.222. The zero-order valence-electron chi connectivity index (χ0n) is 11.7. The van der Waals surface area contributed by atoms with Gasteiger partial charge in [-0.15, -0.1) is 21.8 Å². The third-order valence-corrected chi connectivity index (χ3v) is 7.01. The van der Waals surface area contributed by atoms with Crippen LogP contribution in [0.15, 0.2) is 23.6 Å². The summed E-state index contributed by atoms with van der Waals surface area (Å²) in [6.45, 7) is 1.89. The van der Waals surface area contributed by atoms with Crippen molar-refractivity contribution in [2.45, 2.75) is 24.3 Å². The van der Waals surface area contributed by atoms with Crippen molar-refractivity contribution in [2.75, 3.05) is 5.88 Å². The minimum atomic E-state index is -0.464. The SMILES string of the molecule is CCCl.O=[N+]([O-])c1cnc(Sc2nnc(Sc3n[nH]c(=S)s3)s2)s1. The zero-order valence-corrected chi connectivity index (χ0v) is 17.3. The number of aromatic nitrogens is 5. The number of aromatic amines is 1. The van der Waals surface area contributed by atoms with Gasteiger partial charge in [0, 0.05) is 5.88 Å². The van der Waals surface area contributed by atoms with Crippen LogP contribution in [0, 0.1) is 14.1 Å². The first-order valence-electron chi connectivity index (χ1n) is 5.92. The van der Waals surface area contributed by atoms with Crippen LogP contribution < -0.4 is 0 Å². The van der Waals surface area contributed by atoms with Crippen LogP contribution in [0.5, 0.6) is 0 Å². The monoisotopic (exact) mass is 458 g/mol. The molecule has 3 aromatic rings. The molecule has 3 heterocycles. The number of H-pyrrole nitrogens is 1. The predicted molar refractivity (Wildman–Crippen MR) is 101 cm³/mol. The van der Waals surface area contributed by atoms with Gasteiger partial charge < -0.3 is 0 Å². The van der Waals surface area contributed by atoms with Crippen LogP contribution in [-0.4, -0.2) is 36.2 Å². The molecule has 1 N–H and O–H groups in total. The second kappa shape index (κ2) is 9.74. The van der Waals surface area contributed by atoms with Crippen molar-refractivity contribution >= 4 is 86.4 Å². The Morgan fingerprint density at radius 2 is 1.88 bits per heavy atom. The van der Waals surface area contributed by atoms with Crippen molar-refractivity contribution in [1.82, 2.24) is 25.4 Å². The molecular formula is C9H7ClN6O2S6. The number of nitro groups is 1. The molecule has 0 saturated carbocycles. The van der Waals surface area contributed by atoms with Gasteiger partial charge >= 0.3 is 5.00 Å². The van der Waals surface area contributed by atoms with Gasteiger partial charge in [0.1, 0.15) is 6.20 Å². The van der Waals surface area contributed by atoms with Gasteiger partial charge in [-0.05, 0) is 47.1 Å². The Labute approximate surface area is 166 Å². The molecule has 0 saturated heterocycles. The Morgan fingerprint density at radius 1 is 1.25 bits per heavy atom. The highest BCUT2D eigenvalue weighted by molar-refractivity contribution is 8.04. The number of thiazole rings is 1. The van der Waals surface area contributed by atoms with Gasteiger partial charge in [0.2, 0.25) is 0 Å². The Balaban J connectivity index is 0.000000647. The number of hydrogen-bond donors (Lipinski definition) is 1. The molecular weight excluding hydrogens is 452 g/mol. The van der Waals surface area contributed by atoms with E-state index in [4.69, 9.17) is 23.8 Å². The lowest BCUT2D eigenvalue weighted by atomic mass is 10.9. The molecule has 0 aliphatic heterocycles. The third-order valence-electron chi connectivity index (χ3n) is 1.81. The third kappa shape index (κ3) is 6.02. The summed E-state index contributed by atoms with van der Waals surface area (Å²) < 4.78 is 3.32. The normalized spacial score (nSPS) is 10.2. The summed E-state index contributed by atoms with van der Waals surface area (Å²) in [6.07, 6.45) is 1.24. The average molecular weight is 459 g/mol. The highest BCUT2D eigenvalue weighted by Gasteiger charge is 2.15. The molecule has 15 heteroatoms. The van der Waals surface area contributed by atoms with E-state index >= 15 is 0 Å². The van der Waals surface area contributed by atoms with Gasteiger partial charge in [-0.25, -0.2) is 4.98 Å². The lowest BCUT2D eigenvalue weighted by molar-refractivity contribution is -0.380. The maximum atomic E-state index is 10.6. The molecule has 0 bridgehead atoms. The fourth-order valence-corrected chi connectivity index (χ4v) is 6.36. The second-order valence-electron chi connectivity index (χ2n) is 3.41. The first-order valence-corrected chi connectivity index (χ1v) is 10.9. The van der Waals surface area contributed by atoms with Crippen molar-refractivity contribution in [3.05, 3.63) is 20.3 Å². The van der Waals surface area contributed by atoms with Crippen LogP contribution in [0.1, 0.15) is 6.92 Å². The smallest absolute Gasteiger partial charge is 0.257 e. The molecule has 0 amide bonds. The van der Waals surface area contributed by atoms with Crippen molar-refractivity contribution < 1.29 is 4.92 Å². The van der Waals surface area contributed by atoms with Crippen molar-refractivity contribution in [3.8, 4) is 0 Å². The predicted octanol–water partition coefficient (Wildman–Crippen LogP) is 4.96. The fourth-order valence-electron chi connectivity index (χ4n) is 1.07. The number of hydrogen-bond acceptors (Lipinski definition) is 12. The van der Waals surface area contributed by atoms with E-state index in [0.29, 0.717) is 12.6 Å². The standard InChI is InChI=1S/C7H2N6O2S6.C2H5Cl/c14-13(15)2-1-8-4(17-2)19-6-11-12-7(21-6)20-5-10-9-3(16)18-5;1-2-3/h1H,(H,9,16);2H2,1H3. The van der Waals surface area contributed by atoms with Crippen LogP contribution in [-0.2, 0) is 0 Å². The quantitative estimate of drug-likeness (QED) is 0.245. The maximum Gasteiger partial charge on any atom is 0.344 e. The number of nitrogens with one attached hydrogen (secondary N) is 1. The number of alkyl halides is 1. The van der Waals surface area contributed by atoms with Crippen LogP contribution in [0.2, 0.25) is 0 Å². The lowest BCUT2D eigenvalue weighted by Gasteiger charge is -1.87. The summed E-state index contributed by atoms with van der Waals surface area (Å²) in [4.78, 5) is 14.1. The zero-order chi connectivity index (χ0) is 17.5. The van der Waals surface area contributed by atoms with E-state index in [2.05, 4.69) is 25.4 Å². The van der Waals surface area contributed by atoms with Gasteiger partial charge in [0.05, 0.1) is 4.92 Å². The summed E-state index contributed by atoms with van der Waals surface area (Å²) in [6, 6.07) is 0.